The minimum absolute atomic E-state index is 0.0772. The standard InChI is InChI=1S/C24H29N3O3/c1-26(2)22(28)16-18-17-24(30-21-11-7-6-10-20(18)21)12-14-27(15-13-24)23(29)25-19-8-4-3-5-9-19/h3-11,18H,12-17H2,1-2H3,(H,25,29). The molecule has 6 heteroatoms. The summed E-state index contributed by atoms with van der Waals surface area (Å²) >= 11 is 0. The highest BCUT2D eigenvalue weighted by molar-refractivity contribution is 5.89. The van der Waals surface area contributed by atoms with Crippen LogP contribution in [0.5, 0.6) is 5.75 Å². The lowest BCUT2D eigenvalue weighted by atomic mass is 9.76. The van der Waals surface area contributed by atoms with Gasteiger partial charge in [0.2, 0.25) is 5.91 Å². The van der Waals surface area contributed by atoms with Crippen molar-refractivity contribution in [1.29, 1.82) is 0 Å². The highest BCUT2D eigenvalue weighted by atomic mass is 16.5. The van der Waals surface area contributed by atoms with Gasteiger partial charge in [0.1, 0.15) is 11.4 Å². The Hall–Kier alpha value is -3.02. The lowest BCUT2D eigenvalue weighted by Gasteiger charge is -2.47. The fourth-order valence-electron chi connectivity index (χ4n) is 4.47. The summed E-state index contributed by atoms with van der Waals surface area (Å²) in [6.07, 6.45) is 2.80. The second-order valence-corrected chi connectivity index (χ2v) is 8.50. The van der Waals surface area contributed by atoms with Crippen molar-refractivity contribution in [3.8, 4) is 5.75 Å². The monoisotopic (exact) mass is 407 g/mol. The van der Waals surface area contributed by atoms with E-state index >= 15 is 0 Å². The van der Waals surface area contributed by atoms with E-state index in [-0.39, 0.29) is 23.5 Å². The average molecular weight is 408 g/mol. The van der Waals surface area contributed by atoms with Crippen molar-refractivity contribution in [1.82, 2.24) is 9.80 Å². The van der Waals surface area contributed by atoms with E-state index in [1.54, 1.807) is 19.0 Å². The highest BCUT2D eigenvalue weighted by Crippen LogP contribution is 2.46. The van der Waals surface area contributed by atoms with Crippen molar-refractivity contribution in [2.45, 2.75) is 37.2 Å². The number of amides is 3. The number of rotatable bonds is 3. The van der Waals surface area contributed by atoms with E-state index in [9.17, 15) is 9.59 Å². The van der Waals surface area contributed by atoms with Gasteiger partial charge < -0.3 is 19.9 Å². The van der Waals surface area contributed by atoms with Crippen molar-refractivity contribution in [2.24, 2.45) is 0 Å². The molecule has 1 atom stereocenters. The Morgan fingerprint density at radius 2 is 1.73 bits per heavy atom. The van der Waals surface area contributed by atoms with Crippen LogP contribution in [0.1, 0.15) is 37.2 Å². The number of carbonyl (C=O) groups excluding carboxylic acids is 2. The number of hydrogen-bond donors (Lipinski definition) is 1. The number of para-hydroxylation sites is 2. The lowest BCUT2D eigenvalue weighted by Crippen LogP contribution is -2.52. The van der Waals surface area contributed by atoms with Crippen LogP contribution in [-0.2, 0) is 4.79 Å². The number of anilines is 1. The first kappa shape index (κ1) is 20.3. The third-order valence-electron chi connectivity index (χ3n) is 6.21. The number of nitrogens with zero attached hydrogens (tertiary/aromatic N) is 2. The summed E-state index contributed by atoms with van der Waals surface area (Å²) in [5.74, 6) is 1.14. The first-order valence-corrected chi connectivity index (χ1v) is 10.5. The first-order valence-electron chi connectivity index (χ1n) is 10.5. The van der Waals surface area contributed by atoms with Crippen LogP contribution in [0.3, 0.4) is 0 Å². The molecule has 0 aromatic heterocycles. The molecule has 0 aliphatic carbocycles. The molecule has 158 valence electrons. The van der Waals surface area contributed by atoms with Gasteiger partial charge in [-0.2, -0.15) is 0 Å². The Bertz CT molecular complexity index is 905. The summed E-state index contributed by atoms with van der Waals surface area (Å²) < 4.78 is 6.50. The molecule has 1 N–H and O–H groups in total. The zero-order chi connectivity index (χ0) is 21.1. The minimum atomic E-state index is -0.324. The van der Waals surface area contributed by atoms with Crippen LogP contribution >= 0.6 is 0 Å². The van der Waals surface area contributed by atoms with Crippen molar-refractivity contribution >= 4 is 17.6 Å². The Labute approximate surface area is 177 Å². The van der Waals surface area contributed by atoms with Gasteiger partial charge >= 0.3 is 6.03 Å². The molecule has 2 aliphatic rings. The van der Waals surface area contributed by atoms with Crippen LogP contribution in [0.4, 0.5) is 10.5 Å². The van der Waals surface area contributed by atoms with E-state index in [1.165, 1.54) is 0 Å². The van der Waals surface area contributed by atoms with Gasteiger partial charge in [0, 0.05) is 58.1 Å². The van der Waals surface area contributed by atoms with Gasteiger partial charge in [-0.25, -0.2) is 4.79 Å². The summed E-state index contributed by atoms with van der Waals surface area (Å²) in [7, 11) is 3.60. The molecular formula is C24H29N3O3. The SMILES string of the molecule is CN(C)C(=O)CC1CC2(CCN(C(=O)Nc3ccccc3)CC2)Oc2ccccc21. The lowest BCUT2D eigenvalue weighted by molar-refractivity contribution is -0.129. The molecule has 2 aliphatic heterocycles. The van der Waals surface area contributed by atoms with Gasteiger partial charge in [-0.15, -0.1) is 0 Å². The Kier molecular flexibility index (Phi) is 5.66. The molecule has 1 saturated heterocycles. The molecular weight excluding hydrogens is 378 g/mol. The molecule has 2 aromatic carbocycles. The number of urea groups is 1. The molecule has 0 saturated carbocycles. The number of hydrogen-bond acceptors (Lipinski definition) is 3. The molecule has 1 spiro atoms. The third kappa shape index (κ3) is 4.27. The van der Waals surface area contributed by atoms with E-state index in [0.717, 1.165) is 36.3 Å². The fraction of sp³-hybridized carbons (Fsp3) is 0.417. The number of piperidine rings is 1. The molecule has 1 unspecified atom stereocenters. The summed E-state index contributed by atoms with van der Waals surface area (Å²) in [5, 5.41) is 2.96. The topological polar surface area (TPSA) is 61.9 Å². The summed E-state index contributed by atoms with van der Waals surface area (Å²) in [6.45, 7) is 1.27. The Morgan fingerprint density at radius 1 is 1.07 bits per heavy atom. The van der Waals surface area contributed by atoms with Gasteiger partial charge in [-0.05, 0) is 30.2 Å². The molecule has 4 rings (SSSR count). The highest BCUT2D eigenvalue weighted by Gasteiger charge is 2.44. The van der Waals surface area contributed by atoms with E-state index in [2.05, 4.69) is 11.4 Å². The van der Waals surface area contributed by atoms with Crippen molar-refractivity contribution < 1.29 is 14.3 Å². The molecule has 3 amide bonds. The van der Waals surface area contributed by atoms with Gasteiger partial charge in [-0.3, -0.25) is 4.79 Å². The third-order valence-corrected chi connectivity index (χ3v) is 6.21. The molecule has 2 heterocycles. The first-order chi connectivity index (χ1) is 14.5. The number of nitrogens with one attached hydrogen (secondary N) is 1. The molecule has 2 aromatic rings. The van der Waals surface area contributed by atoms with E-state index in [4.69, 9.17) is 4.74 Å². The second kappa shape index (κ2) is 8.38. The van der Waals surface area contributed by atoms with E-state index < -0.39 is 0 Å². The van der Waals surface area contributed by atoms with Crippen LogP contribution in [-0.4, -0.2) is 54.5 Å². The normalized spacial score (nSPS) is 19.5. The number of likely N-dealkylation sites (tertiary alicyclic amines) is 1. The number of fused-ring (bicyclic) bond motifs is 1. The quantitative estimate of drug-likeness (QED) is 0.833. The van der Waals surface area contributed by atoms with E-state index in [0.29, 0.717) is 19.5 Å². The maximum atomic E-state index is 12.6. The van der Waals surface area contributed by atoms with Gasteiger partial charge in [0.25, 0.3) is 0 Å². The van der Waals surface area contributed by atoms with Gasteiger partial charge in [0.05, 0.1) is 0 Å². The smallest absolute Gasteiger partial charge is 0.321 e. The zero-order valence-corrected chi connectivity index (χ0v) is 17.6. The van der Waals surface area contributed by atoms with Crippen molar-refractivity contribution in [3.63, 3.8) is 0 Å². The van der Waals surface area contributed by atoms with E-state index in [1.807, 2.05) is 53.4 Å². The van der Waals surface area contributed by atoms with Crippen LogP contribution in [0.15, 0.2) is 54.6 Å². The largest absolute Gasteiger partial charge is 0.487 e. The number of carbonyl (C=O) groups is 2. The summed E-state index contributed by atoms with van der Waals surface area (Å²) in [5.41, 5.74) is 1.59. The number of benzene rings is 2. The van der Waals surface area contributed by atoms with Gasteiger partial charge in [0.15, 0.2) is 0 Å². The zero-order valence-electron chi connectivity index (χ0n) is 17.6. The summed E-state index contributed by atoms with van der Waals surface area (Å²) in [6, 6.07) is 17.5. The molecule has 0 radical (unpaired) electrons. The number of ether oxygens (including phenoxy) is 1. The Balaban J connectivity index is 1.45. The predicted molar refractivity (Wildman–Crippen MR) is 117 cm³/mol. The minimum Gasteiger partial charge on any atom is -0.487 e. The maximum Gasteiger partial charge on any atom is 0.321 e. The van der Waals surface area contributed by atoms with Gasteiger partial charge in [-0.1, -0.05) is 36.4 Å². The van der Waals surface area contributed by atoms with Crippen LogP contribution in [0.2, 0.25) is 0 Å². The molecule has 30 heavy (non-hydrogen) atoms. The fourth-order valence-corrected chi connectivity index (χ4v) is 4.47. The van der Waals surface area contributed by atoms with Crippen LogP contribution in [0, 0.1) is 0 Å². The molecule has 0 bridgehead atoms. The van der Waals surface area contributed by atoms with Crippen molar-refractivity contribution in [2.75, 3.05) is 32.5 Å². The summed E-state index contributed by atoms with van der Waals surface area (Å²) in [4.78, 5) is 28.6. The molecule has 1 fully saturated rings. The maximum absolute atomic E-state index is 12.6. The van der Waals surface area contributed by atoms with Crippen LogP contribution in [0.25, 0.3) is 0 Å². The van der Waals surface area contributed by atoms with Crippen molar-refractivity contribution in [3.05, 3.63) is 60.2 Å². The Morgan fingerprint density at radius 3 is 2.43 bits per heavy atom. The van der Waals surface area contributed by atoms with Crippen LogP contribution < -0.4 is 10.1 Å². The predicted octanol–water partition coefficient (Wildman–Crippen LogP) is 4.10. The molecule has 6 nitrogen and oxygen atoms in total. The average Bonchev–Trinajstić information content (AvgIpc) is 2.75. The second-order valence-electron chi connectivity index (χ2n) is 8.50.